The third-order valence-corrected chi connectivity index (χ3v) is 4.46. The molecule has 0 spiro atoms. The molecule has 1 unspecified atom stereocenters. The van der Waals surface area contributed by atoms with Gasteiger partial charge in [-0.05, 0) is 36.8 Å². The van der Waals surface area contributed by atoms with Crippen molar-refractivity contribution in [1.29, 1.82) is 0 Å². The minimum Gasteiger partial charge on any atom is -0.360 e. The van der Waals surface area contributed by atoms with Crippen LogP contribution in [0.25, 0.3) is 5.69 Å². The summed E-state index contributed by atoms with van der Waals surface area (Å²) in [6.07, 6.45) is 1.41. The fourth-order valence-corrected chi connectivity index (χ4v) is 3.09. The third kappa shape index (κ3) is 2.56. The molecule has 0 bridgehead atoms. The Labute approximate surface area is 147 Å². The van der Waals surface area contributed by atoms with E-state index < -0.39 is 6.17 Å². The molecule has 1 amide bonds. The predicted molar refractivity (Wildman–Crippen MR) is 94.1 cm³/mol. The fourth-order valence-electron chi connectivity index (χ4n) is 2.73. The van der Waals surface area contributed by atoms with Crippen molar-refractivity contribution in [3.63, 3.8) is 0 Å². The Morgan fingerprint density at radius 2 is 2.00 bits per heavy atom. The van der Waals surface area contributed by atoms with Gasteiger partial charge in [-0.3, -0.25) is 4.79 Å². The van der Waals surface area contributed by atoms with Crippen molar-refractivity contribution in [3.8, 4) is 5.69 Å². The first-order chi connectivity index (χ1) is 11.6. The molecule has 0 fully saturated rings. The second-order valence-electron chi connectivity index (χ2n) is 5.62. The number of aryl methyl sites for hydroxylation is 1. The average Bonchev–Trinajstić information content (AvgIpc) is 3.05. The van der Waals surface area contributed by atoms with E-state index in [9.17, 15) is 4.79 Å². The van der Waals surface area contributed by atoms with Gasteiger partial charge < -0.3 is 10.6 Å². The quantitative estimate of drug-likeness (QED) is 0.712. The number of anilines is 1. The van der Waals surface area contributed by atoms with Crippen LogP contribution < -0.4 is 10.6 Å². The smallest absolute Gasteiger partial charge is 0.255 e. The van der Waals surface area contributed by atoms with Gasteiger partial charge in [0.15, 0.2) is 0 Å². The average molecular weight is 384 g/mol. The Kier molecular flexibility index (Phi) is 3.57. The van der Waals surface area contributed by atoms with Crippen molar-refractivity contribution in [3.05, 3.63) is 70.0 Å². The van der Waals surface area contributed by atoms with Crippen molar-refractivity contribution in [2.24, 2.45) is 0 Å². The highest BCUT2D eigenvalue weighted by atomic mass is 79.9. The zero-order chi connectivity index (χ0) is 16.7. The summed E-state index contributed by atoms with van der Waals surface area (Å²) in [5.41, 5.74) is 4.09. The number of hydrogen-bond acceptors (Lipinski definition) is 4. The Morgan fingerprint density at radius 1 is 1.17 bits per heavy atom. The molecule has 2 aromatic carbocycles. The zero-order valence-electron chi connectivity index (χ0n) is 12.8. The van der Waals surface area contributed by atoms with Gasteiger partial charge in [0.05, 0.1) is 17.4 Å². The van der Waals surface area contributed by atoms with E-state index in [4.69, 9.17) is 0 Å². The highest BCUT2D eigenvalue weighted by Gasteiger charge is 2.26. The number of para-hydroxylation sites is 1. The number of halogens is 1. The van der Waals surface area contributed by atoms with E-state index in [1.165, 1.54) is 0 Å². The van der Waals surface area contributed by atoms with Crippen molar-refractivity contribution in [1.82, 2.24) is 20.3 Å². The first-order valence-corrected chi connectivity index (χ1v) is 8.26. The highest BCUT2D eigenvalue weighted by molar-refractivity contribution is 9.10. The van der Waals surface area contributed by atoms with Crippen LogP contribution in [0.2, 0.25) is 0 Å². The van der Waals surface area contributed by atoms with Crippen LogP contribution in [0.4, 0.5) is 5.69 Å². The number of benzene rings is 2. The molecule has 3 aromatic rings. The summed E-state index contributed by atoms with van der Waals surface area (Å²) in [4.78, 5) is 12.3. The molecule has 0 saturated carbocycles. The largest absolute Gasteiger partial charge is 0.360 e. The maximum Gasteiger partial charge on any atom is 0.255 e. The summed E-state index contributed by atoms with van der Waals surface area (Å²) >= 11 is 3.38. The van der Waals surface area contributed by atoms with Gasteiger partial charge in [-0.15, -0.1) is 5.10 Å². The van der Waals surface area contributed by atoms with E-state index in [0.29, 0.717) is 11.3 Å². The van der Waals surface area contributed by atoms with Crippen molar-refractivity contribution in [2.45, 2.75) is 13.1 Å². The number of amides is 1. The number of hydrogen-bond donors (Lipinski definition) is 2. The van der Waals surface area contributed by atoms with Crippen LogP contribution in [0.5, 0.6) is 0 Å². The number of rotatable bonds is 2. The topological polar surface area (TPSA) is 71.8 Å². The van der Waals surface area contributed by atoms with Crippen LogP contribution in [0.1, 0.15) is 27.8 Å². The lowest BCUT2D eigenvalue weighted by Gasteiger charge is -2.26. The maximum atomic E-state index is 12.3. The number of fused-ring (bicyclic) bond motifs is 1. The van der Waals surface area contributed by atoms with Crippen LogP contribution in [0, 0.1) is 6.92 Å². The van der Waals surface area contributed by atoms with Crippen LogP contribution >= 0.6 is 15.9 Å². The van der Waals surface area contributed by atoms with Crippen LogP contribution in [-0.4, -0.2) is 20.9 Å². The molecule has 4 rings (SSSR count). The van der Waals surface area contributed by atoms with E-state index >= 15 is 0 Å². The Balaban J connectivity index is 1.65. The monoisotopic (exact) mass is 383 g/mol. The van der Waals surface area contributed by atoms with Gasteiger partial charge in [0.25, 0.3) is 5.91 Å². The summed E-state index contributed by atoms with van der Waals surface area (Å²) in [6.45, 7) is 2.02. The first kappa shape index (κ1) is 14.9. The minimum absolute atomic E-state index is 0.138. The summed E-state index contributed by atoms with van der Waals surface area (Å²) in [7, 11) is 0. The molecule has 1 aromatic heterocycles. The fraction of sp³-hybridized carbons (Fsp3) is 0.118. The van der Waals surface area contributed by atoms with Gasteiger partial charge in [0.1, 0.15) is 11.9 Å². The maximum absolute atomic E-state index is 12.3. The van der Waals surface area contributed by atoms with Gasteiger partial charge in [-0.2, -0.15) is 0 Å². The molecule has 0 saturated heterocycles. The number of aromatic nitrogens is 3. The van der Waals surface area contributed by atoms with Gasteiger partial charge in [0.2, 0.25) is 0 Å². The lowest BCUT2D eigenvalue weighted by molar-refractivity contribution is 0.0935. The second-order valence-corrected chi connectivity index (χ2v) is 6.53. The molecular formula is C17H14BrN5O. The molecule has 0 aliphatic carbocycles. The van der Waals surface area contributed by atoms with Gasteiger partial charge in [-0.25, -0.2) is 4.68 Å². The molecule has 120 valence electrons. The normalized spacial score (nSPS) is 16.2. The standard InChI is InChI=1S/C17H14BrN5O/c1-10-4-2-3-5-15(10)23-9-14(21-22-23)16-19-13-7-6-11(18)8-12(13)17(24)20-16/h2-9,16,19H,1H3,(H,20,24). The third-order valence-electron chi connectivity index (χ3n) is 3.97. The van der Waals surface area contributed by atoms with Gasteiger partial charge in [-0.1, -0.05) is 39.3 Å². The Bertz CT molecular complexity index is 936. The Morgan fingerprint density at radius 3 is 2.83 bits per heavy atom. The van der Waals surface area contributed by atoms with Crippen LogP contribution in [0.15, 0.2) is 53.1 Å². The SMILES string of the molecule is Cc1ccccc1-n1cc(C2NC(=O)c3cc(Br)ccc3N2)nn1. The number of carbonyl (C=O) groups excluding carboxylic acids is 1. The number of nitrogens with zero attached hydrogens (tertiary/aromatic N) is 3. The van der Waals surface area contributed by atoms with Crippen LogP contribution in [-0.2, 0) is 0 Å². The van der Waals surface area contributed by atoms with Crippen molar-refractivity contribution in [2.75, 3.05) is 5.32 Å². The molecule has 24 heavy (non-hydrogen) atoms. The second kappa shape index (κ2) is 5.76. The first-order valence-electron chi connectivity index (χ1n) is 7.47. The van der Waals surface area contributed by atoms with E-state index in [-0.39, 0.29) is 5.91 Å². The molecule has 2 heterocycles. The van der Waals surface area contributed by atoms with Gasteiger partial charge >= 0.3 is 0 Å². The number of carbonyl (C=O) groups is 1. The number of nitrogens with one attached hydrogen (secondary N) is 2. The van der Waals surface area contributed by atoms with E-state index in [1.807, 2.05) is 49.5 Å². The molecular weight excluding hydrogens is 370 g/mol. The minimum atomic E-state index is -0.413. The summed E-state index contributed by atoms with van der Waals surface area (Å²) in [5, 5.41) is 14.6. The molecule has 0 radical (unpaired) electrons. The van der Waals surface area contributed by atoms with Crippen molar-refractivity contribution < 1.29 is 4.79 Å². The van der Waals surface area contributed by atoms with E-state index in [0.717, 1.165) is 21.4 Å². The van der Waals surface area contributed by atoms with Crippen LogP contribution in [0.3, 0.4) is 0 Å². The van der Waals surface area contributed by atoms with Gasteiger partial charge in [0, 0.05) is 10.2 Å². The predicted octanol–water partition coefficient (Wildman–Crippen LogP) is 3.19. The molecule has 1 atom stereocenters. The molecule has 2 N–H and O–H groups in total. The van der Waals surface area contributed by atoms with Crippen molar-refractivity contribution >= 4 is 27.5 Å². The molecule has 1 aliphatic heterocycles. The van der Waals surface area contributed by atoms with E-state index in [1.54, 1.807) is 10.7 Å². The molecule has 7 heteroatoms. The summed E-state index contributed by atoms with van der Waals surface area (Å²) < 4.78 is 2.58. The van der Waals surface area contributed by atoms with E-state index in [2.05, 4.69) is 36.9 Å². The Hall–Kier alpha value is -2.67. The lowest BCUT2D eigenvalue weighted by atomic mass is 10.1. The summed E-state index contributed by atoms with van der Waals surface area (Å²) in [6, 6.07) is 13.5. The zero-order valence-corrected chi connectivity index (χ0v) is 14.4. The molecule has 6 nitrogen and oxygen atoms in total. The lowest BCUT2D eigenvalue weighted by Crippen LogP contribution is -2.38. The highest BCUT2D eigenvalue weighted by Crippen LogP contribution is 2.28. The molecule has 1 aliphatic rings. The summed E-state index contributed by atoms with van der Waals surface area (Å²) in [5.74, 6) is -0.138.